The lowest BCUT2D eigenvalue weighted by Crippen LogP contribution is -2.53. The van der Waals surface area contributed by atoms with E-state index in [9.17, 15) is 0 Å². The molecule has 0 amide bonds. The largest absolute Gasteiger partial charge is 0.313 e. The van der Waals surface area contributed by atoms with Gasteiger partial charge in [-0.3, -0.25) is 4.90 Å². The van der Waals surface area contributed by atoms with Crippen molar-refractivity contribution in [1.29, 1.82) is 0 Å². The molecule has 112 valence electrons. The zero-order valence-corrected chi connectivity index (χ0v) is 13.3. The molecule has 0 aromatic carbocycles. The molecule has 2 fully saturated rings. The Morgan fingerprint density at radius 2 is 1.53 bits per heavy atom. The maximum absolute atomic E-state index is 3.77. The summed E-state index contributed by atoms with van der Waals surface area (Å²) in [5, 5.41) is 3.77. The van der Waals surface area contributed by atoms with E-state index in [0.717, 1.165) is 30.6 Å². The van der Waals surface area contributed by atoms with Crippen LogP contribution in [0.4, 0.5) is 0 Å². The maximum Gasteiger partial charge on any atom is 0.0249 e. The lowest BCUT2D eigenvalue weighted by atomic mass is 9.83. The third-order valence-electron chi connectivity index (χ3n) is 5.56. The molecule has 4 atom stereocenters. The summed E-state index contributed by atoms with van der Waals surface area (Å²) in [5.74, 6) is 0.893. The Morgan fingerprint density at radius 1 is 0.895 bits per heavy atom. The van der Waals surface area contributed by atoms with Gasteiger partial charge in [-0.2, -0.15) is 0 Å². The molecule has 0 aromatic rings. The molecule has 0 heterocycles. The highest BCUT2D eigenvalue weighted by molar-refractivity contribution is 4.90. The van der Waals surface area contributed by atoms with Crippen LogP contribution in [0.3, 0.4) is 0 Å². The molecular weight excluding hydrogens is 232 g/mol. The molecule has 0 saturated heterocycles. The topological polar surface area (TPSA) is 15.3 Å². The van der Waals surface area contributed by atoms with E-state index in [-0.39, 0.29) is 0 Å². The van der Waals surface area contributed by atoms with Crippen molar-refractivity contribution in [3.05, 3.63) is 0 Å². The minimum atomic E-state index is 0.728. The minimum absolute atomic E-state index is 0.728. The number of likely N-dealkylation sites (N-methyl/N-ethyl adjacent to an activating group) is 2. The summed E-state index contributed by atoms with van der Waals surface area (Å²) in [4.78, 5) is 2.77. The van der Waals surface area contributed by atoms with Crippen LogP contribution < -0.4 is 5.32 Å². The number of nitrogens with one attached hydrogen (secondary N) is 1. The van der Waals surface area contributed by atoms with Crippen molar-refractivity contribution in [2.75, 3.05) is 13.6 Å². The zero-order valence-electron chi connectivity index (χ0n) is 13.3. The Kier molecular flexibility index (Phi) is 6.15. The van der Waals surface area contributed by atoms with Crippen LogP contribution in [-0.2, 0) is 0 Å². The molecule has 2 heteroatoms. The number of hydrogen-bond donors (Lipinski definition) is 1. The Morgan fingerprint density at radius 3 is 2.26 bits per heavy atom. The van der Waals surface area contributed by atoms with E-state index >= 15 is 0 Å². The fourth-order valence-electron chi connectivity index (χ4n) is 4.42. The summed E-state index contributed by atoms with van der Waals surface area (Å²) in [5.41, 5.74) is 0. The van der Waals surface area contributed by atoms with Crippen LogP contribution >= 0.6 is 0 Å². The fraction of sp³-hybridized carbons (Fsp3) is 1.00. The minimum Gasteiger partial charge on any atom is -0.313 e. The van der Waals surface area contributed by atoms with E-state index < -0.39 is 0 Å². The molecule has 0 aliphatic heterocycles. The monoisotopic (exact) mass is 266 g/mol. The first-order valence-electron chi connectivity index (χ1n) is 8.69. The van der Waals surface area contributed by atoms with Crippen LogP contribution in [0.1, 0.15) is 71.6 Å². The average Bonchev–Trinajstić information content (AvgIpc) is 2.64. The average molecular weight is 266 g/mol. The molecule has 0 radical (unpaired) electrons. The Hall–Kier alpha value is -0.0800. The lowest BCUT2D eigenvalue weighted by molar-refractivity contribution is 0.0730. The first kappa shape index (κ1) is 15.3. The van der Waals surface area contributed by atoms with E-state index in [1.807, 2.05) is 0 Å². The molecule has 2 saturated carbocycles. The van der Waals surface area contributed by atoms with E-state index in [4.69, 9.17) is 0 Å². The second-order valence-electron chi connectivity index (χ2n) is 6.86. The summed E-state index contributed by atoms with van der Waals surface area (Å²) >= 11 is 0. The summed E-state index contributed by atoms with van der Waals surface area (Å²) in [6.45, 7) is 5.85. The van der Waals surface area contributed by atoms with E-state index in [2.05, 4.69) is 31.1 Å². The zero-order chi connectivity index (χ0) is 13.7. The van der Waals surface area contributed by atoms with Crippen LogP contribution in [0.5, 0.6) is 0 Å². The fourth-order valence-corrected chi connectivity index (χ4v) is 4.42. The lowest BCUT2D eigenvalue weighted by Gasteiger charge is -2.43. The maximum atomic E-state index is 3.77. The molecule has 4 unspecified atom stereocenters. The summed E-state index contributed by atoms with van der Waals surface area (Å²) in [6, 6.07) is 2.33. The van der Waals surface area contributed by atoms with Gasteiger partial charge in [0.05, 0.1) is 0 Å². The molecule has 19 heavy (non-hydrogen) atoms. The third kappa shape index (κ3) is 3.95. The third-order valence-corrected chi connectivity index (χ3v) is 5.56. The van der Waals surface area contributed by atoms with Gasteiger partial charge in [-0.15, -0.1) is 0 Å². The first-order valence-corrected chi connectivity index (χ1v) is 8.69. The summed E-state index contributed by atoms with van der Waals surface area (Å²) < 4.78 is 0. The molecular formula is C17H34N2. The first-order chi connectivity index (χ1) is 9.24. The van der Waals surface area contributed by atoms with Gasteiger partial charge in [0, 0.05) is 18.1 Å². The van der Waals surface area contributed by atoms with E-state index in [1.54, 1.807) is 0 Å². The second-order valence-corrected chi connectivity index (χ2v) is 6.86. The van der Waals surface area contributed by atoms with Crippen LogP contribution in [0.2, 0.25) is 0 Å². The van der Waals surface area contributed by atoms with Crippen molar-refractivity contribution in [1.82, 2.24) is 10.2 Å². The highest BCUT2D eigenvalue weighted by Crippen LogP contribution is 2.31. The van der Waals surface area contributed by atoms with Crippen molar-refractivity contribution in [2.45, 2.75) is 89.8 Å². The van der Waals surface area contributed by atoms with Crippen molar-refractivity contribution >= 4 is 0 Å². The van der Waals surface area contributed by atoms with Crippen LogP contribution in [0, 0.1) is 5.92 Å². The van der Waals surface area contributed by atoms with Crippen LogP contribution in [-0.4, -0.2) is 36.6 Å². The van der Waals surface area contributed by atoms with Gasteiger partial charge in [-0.1, -0.05) is 46.0 Å². The van der Waals surface area contributed by atoms with E-state index in [1.165, 1.54) is 57.8 Å². The molecule has 2 nitrogen and oxygen atoms in total. The number of rotatable bonds is 4. The Balaban J connectivity index is 2.02. The molecule has 2 rings (SSSR count). The molecule has 0 bridgehead atoms. The van der Waals surface area contributed by atoms with Crippen molar-refractivity contribution in [3.8, 4) is 0 Å². The standard InChI is InChI=1S/C17H34N2/c1-4-18-15-11-6-5-7-13-17(15)19(3)16-12-9-8-10-14(16)2/h14-18H,4-13H2,1-3H3. The normalized spacial score (nSPS) is 37.3. The van der Waals surface area contributed by atoms with Gasteiger partial charge in [-0.25, -0.2) is 0 Å². The predicted molar refractivity (Wildman–Crippen MR) is 83.5 cm³/mol. The summed E-state index contributed by atoms with van der Waals surface area (Å²) in [6.07, 6.45) is 12.8. The van der Waals surface area contributed by atoms with Crippen LogP contribution in [0.25, 0.3) is 0 Å². The molecule has 0 aromatic heterocycles. The Bertz CT molecular complexity index is 254. The highest BCUT2D eigenvalue weighted by Gasteiger charge is 2.33. The molecule has 0 spiro atoms. The summed E-state index contributed by atoms with van der Waals surface area (Å²) in [7, 11) is 2.41. The smallest absolute Gasteiger partial charge is 0.0249 e. The molecule has 2 aliphatic carbocycles. The quantitative estimate of drug-likeness (QED) is 0.779. The molecule has 2 aliphatic rings. The van der Waals surface area contributed by atoms with Gasteiger partial charge in [-0.05, 0) is 45.2 Å². The second kappa shape index (κ2) is 7.64. The van der Waals surface area contributed by atoms with Gasteiger partial charge in [0.2, 0.25) is 0 Å². The number of nitrogens with zero attached hydrogens (tertiary/aromatic N) is 1. The van der Waals surface area contributed by atoms with Gasteiger partial charge >= 0.3 is 0 Å². The predicted octanol–water partition coefficient (Wildman–Crippen LogP) is 3.81. The highest BCUT2D eigenvalue weighted by atomic mass is 15.2. The SMILES string of the molecule is CCNC1CCCCCC1N(C)C1CCCCC1C. The Labute approximate surface area is 120 Å². The van der Waals surface area contributed by atoms with Gasteiger partial charge < -0.3 is 5.32 Å². The van der Waals surface area contributed by atoms with Gasteiger partial charge in [0.15, 0.2) is 0 Å². The van der Waals surface area contributed by atoms with Gasteiger partial charge in [0.1, 0.15) is 0 Å². The van der Waals surface area contributed by atoms with Gasteiger partial charge in [0.25, 0.3) is 0 Å². The number of hydrogen-bond acceptors (Lipinski definition) is 2. The molecule has 1 N–H and O–H groups in total. The van der Waals surface area contributed by atoms with Crippen LogP contribution in [0.15, 0.2) is 0 Å². The van der Waals surface area contributed by atoms with E-state index in [0.29, 0.717) is 0 Å². The van der Waals surface area contributed by atoms with Crippen molar-refractivity contribution in [3.63, 3.8) is 0 Å². The van der Waals surface area contributed by atoms with Crippen molar-refractivity contribution < 1.29 is 0 Å². The van der Waals surface area contributed by atoms with Crippen molar-refractivity contribution in [2.24, 2.45) is 5.92 Å².